The van der Waals surface area contributed by atoms with E-state index in [1.165, 1.54) is 0 Å². The van der Waals surface area contributed by atoms with Crippen LogP contribution in [0.15, 0.2) is 30.3 Å². The van der Waals surface area contributed by atoms with Crippen LogP contribution in [0.2, 0.25) is 0 Å². The SMILES string of the molecule is CC(C)N1CCC(N(C)C(=O)NC(CCC(=O)O)Cc2ccccc2)C1. The summed E-state index contributed by atoms with van der Waals surface area (Å²) in [5.74, 6) is -0.839. The second-order valence-electron chi connectivity index (χ2n) is 7.41. The van der Waals surface area contributed by atoms with Gasteiger partial charge in [0.1, 0.15) is 0 Å². The molecule has 0 saturated carbocycles. The second kappa shape index (κ2) is 9.57. The molecule has 1 aromatic carbocycles. The first kappa shape index (κ1) is 20.2. The Balaban J connectivity index is 1.94. The number of urea groups is 1. The average Bonchev–Trinajstić information content (AvgIpc) is 3.10. The third kappa shape index (κ3) is 6.02. The van der Waals surface area contributed by atoms with Crippen LogP contribution in [0.1, 0.15) is 38.7 Å². The molecule has 6 nitrogen and oxygen atoms in total. The second-order valence-corrected chi connectivity index (χ2v) is 7.41. The van der Waals surface area contributed by atoms with Crippen molar-refractivity contribution in [3.63, 3.8) is 0 Å². The molecule has 2 rings (SSSR count). The van der Waals surface area contributed by atoms with Crippen LogP contribution >= 0.6 is 0 Å². The number of amides is 2. The van der Waals surface area contributed by atoms with Gasteiger partial charge in [-0.1, -0.05) is 30.3 Å². The number of likely N-dealkylation sites (N-methyl/N-ethyl adjacent to an activating group) is 1. The van der Waals surface area contributed by atoms with Gasteiger partial charge in [-0.25, -0.2) is 4.79 Å². The number of carbonyl (C=O) groups is 2. The van der Waals surface area contributed by atoms with Crippen LogP contribution in [0.3, 0.4) is 0 Å². The number of nitrogens with one attached hydrogen (secondary N) is 1. The van der Waals surface area contributed by atoms with Gasteiger partial charge in [0.2, 0.25) is 0 Å². The minimum absolute atomic E-state index is 0.0477. The number of hydrogen-bond acceptors (Lipinski definition) is 3. The highest BCUT2D eigenvalue weighted by molar-refractivity contribution is 5.75. The van der Waals surface area contributed by atoms with E-state index in [2.05, 4.69) is 24.1 Å². The molecule has 1 fully saturated rings. The van der Waals surface area contributed by atoms with Crippen molar-refractivity contribution in [2.75, 3.05) is 20.1 Å². The Hall–Kier alpha value is -2.08. The quantitative estimate of drug-likeness (QED) is 0.746. The number of rotatable bonds is 8. The van der Waals surface area contributed by atoms with Crippen LogP contribution in [0.5, 0.6) is 0 Å². The Morgan fingerprint density at radius 3 is 2.58 bits per heavy atom. The summed E-state index contributed by atoms with van der Waals surface area (Å²) in [4.78, 5) is 27.8. The van der Waals surface area contributed by atoms with Crippen LogP contribution < -0.4 is 5.32 Å². The molecule has 26 heavy (non-hydrogen) atoms. The van der Waals surface area contributed by atoms with Gasteiger partial charge in [0.05, 0.1) is 0 Å². The van der Waals surface area contributed by atoms with E-state index in [1.54, 1.807) is 4.90 Å². The van der Waals surface area contributed by atoms with E-state index >= 15 is 0 Å². The first-order chi connectivity index (χ1) is 12.4. The van der Waals surface area contributed by atoms with Gasteiger partial charge < -0.3 is 15.3 Å². The van der Waals surface area contributed by atoms with Crippen molar-refractivity contribution in [1.29, 1.82) is 0 Å². The van der Waals surface area contributed by atoms with Crippen LogP contribution in [0.25, 0.3) is 0 Å². The number of aliphatic carboxylic acids is 1. The Morgan fingerprint density at radius 2 is 2.00 bits per heavy atom. The lowest BCUT2D eigenvalue weighted by molar-refractivity contribution is -0.137. The summed E-state index contributed by atoms with van der Waals surface area (Å²) in [6.45, 7) is 6.24. The van der Waals surface area contributed by atoms with Crippen molar-refractivity contribution >= 4 is 12.0 Å². The Kier molecular flexibility index (Phi) is 7.45. The Labute approximate surface area is 156 Å². The normalized spacial score (nSPS) is 18.7. The molecule has 1 aliphatic rings. The Morgan fingerprint density at radius 1 is 1.31 bits per heavy atom. The average molecular weight is 361 g/mol. The van der Waals surface area contributed by atoms with Gasteiger partial charge in [-0.2, -0.15) is 0 Å². The third-order valence-electron chi connectivity index (χ3n) is 5.15. The molecular weight excluding hydrogens is 330 g/mol. The zero-order valence-corrected chi connectivity index (χ0v) is 16.0. The molecule has 0 spiro atoms. The van der Waals surface area contributed by atoms with Crippen LogP contribution in [-0.2, 0) is 11.2 Å². The highest BCUT2D eigenvalue weighted by Crippen LogP contribution is 2.17. The number of carbonyl (C=O) groups excluding carboxylic acids is 1. The standard InChI is InChI=1S/C20H31N3O3/c1-15(2)23-12-11-18(14-23)22(3)20(26)21-17(9-10-19(24)25)13-16-7-5-4-6-8-16/h4-8,15,17-18H,9-14H2,1-3H3,(H,21,26)(H,24,25). The largest absolute Gasteiger partial charge is 0.481 e. The van der Waals surface area contributed by atoms with E-state index in [-0.39, 0.29) is 24.5 Å². The first-order valence-electron chi connectivity index (χ1n) is 9.40. The Bertz CT molecular complexity index is 591. The molecule has 0 aliphatic carbocycles. The number of benzene rings is 1. The predicted molar refractivity (Wildman–Crippen MR) is 102 cm³/mol. The van der Waals surface area contributed by atoms with Crippen LogP contribution in [0.4, 0.5) is 4.79 Å². The van der Waals surface area contributed by atoms with Gasteiger partial charge in [0, 0.05) is 44.7 Å². The highest BCUT2D eigenvalue weighted by atomic mass is 16.4. The number of hydrogen-bond donors (Lipinski definition) is 2. The summed E-state index contributed by atoms with van der Waals surface area (Å²) in [6, 6.07) is 10.2. The smallest absolute Gasteiger partial charge is 0.317 e. The van der Waals surface area contributed by atoms with Crippen molar-refractivity contribution in [3.8, 4) is 0 Å². The van der Waals surface area contributed by atoms with Gasteiger partial charge in [-0.3, -0.25) is 9.69 Å². The molecule has 0 bridgehead atoms. The van der Waals surface area contributed by atoms with E-state index in [9.17, 15) is 9.59 Å². The summed E-state index contributed by atoms with van der Waals surface area (Å²) in [5, 5.41) is 12.0. The lowest BCUT2D eigenvalue weighted by Gasteiger charge is -2.28. The molecule has 2 amide bonds. The minimum atomic E-state index is -0.839. The van der Waals surface area contributed by atoms with Crippen molar-refractivity contribution in [1.82, 2.24) is 15.1 Å². The third-order valence-corrected chi connectivity index (χ3v) is 5.15. The summed E-state index contributed by atoms with van der Waals surface area (Å²) in [6.07, 6.45) is 2.08. The zero-order valence-electron chi connectivity index (χ0n) is 16.0. The van der Waals surface area contributed by atoms with Crippen LogP contribution in [-0.4, -0.2) is 65.2 Å². The highest BCUT2D eigenvalue weighted by Gasteiger charge is 2.30. The van der Waals surface area contributed by atoms with Crippen molar-refractivity contribution in [3.05, 3.63) is 35.9 Å². The van der Waals surface area contributed by atoms with E-state index in [0.29, 0.717) is 18.9 Å². The van der Waals surface area contributed by atoms with E-state index in [1.807, 2.05) is 37.4 Å². The van der Waals surface area contributed by atoms with Crippen molar-refractivity contribution < 1.29 is 14.7 Å². The summed E-state index contributed by atoms with van der Waals surface area (Å²) in [7, 11) is 1.83. The molecule has 1 heterocycles. The zero-order chi connectivity index (χ0) is 19.1. The topological polar surface area (TPSA) is 72.9 Å². The molecule has 0 radical (unpaired) electrons. The molecule has 2 N–H and O–H groups in total. The van der Waals surface area contributed by atoms with E-state index in [0.717, 1.165) is 25.1 Å². The molecule has 1 aliphatic heterocycles. The lowest BCUT2D eigenvalue weighted by Crippen LogP contribution is -2.49. The molecule has 1 aromatic rings. The monoisotopic (exact) mass is 361 g/mol. The van der Waals surface area contributed by atoms with Gasteiger partial charge >= 0.3 is 12.0 Å². The molecule has 0 aromatic heterocycles. The van der Waals surface area contributed by atoms with Gasteiger partial charge in [-0.05, 0) is 38.7 Å². The van der Waals surface area contributed by atoms with Gasteiger partial charge in [0.15, 0.2) is 0 Å². The molecule has 2 atom stereocenters. The van der Waals surface area contributed by atoms with E-state index < -0.39 is 5.97 Å². The van der Waals surface area contributed by atoms with E-state index in [4.69, 9.17) is 5.11 Å². The molecule has 6 heteroatoms. The van der Waals surface area contributed by atoms with Gasteiger partial charge in [0.25, 0.3) is 0 Å². The summed E-state index contributed by atoms with van der Waals surface area (Å²) < 4.78 is 0. The van der Waals surface area contributed by atoms with Crippen molar-refractivity contribution in [2.45, 2.75) is 57.7 Å². The maximum absolute atomic E-state index is 12.7. The summed E-state index contributed by atoms with van der Waals surface area (Å²) >= 11 is 0. The molecule has 2 unspecified atom stereocenters. The molecule has 1 saturated heterocycles. The van der Waals surface area contributed by atoms with Crippen molar-refractivity contribution in [2.24, 2.45) is 0 Å². The first-order valence-corrected chi connectivity index (χ1v) is 9.40. The number of carboxylic acid groups (broad SMARTS) is 1. The molecular formula is C20H31N3O3. The maximum atomic E-state index is 12.7. The number of likely N-dealkylation sites (tertiary alicyclic amines) is 1. The fourth-order valence-corrected chi connectivity index (χ4v) is 3.42. The fourth-order valence-electron chi connectivity index (χ4n) is 3.42. The fraction of sp³-hybridized carbons (Fsp3) is 0.600. The maximum Gasteiger partial charge on any atom is 0.317 e. The minimum Gasteiger partial charge on any atom is -0.481 e. The number of carboxylic acids is 1. The molecule has 144 valence electrons. The van der Waals surface area contributed by atoms with Crippen LogP contribution in [0, 0.1) is 0 Å². The lowest BCUT2D eigenvalue weighted by atomic mass is 10.0. The summed E-state index contributed by atoms with van der Waals surface area (Å²) in [5.41, 5.74) is 1.10. The number of nitrogens with zero attached hydrogens (tertiary/aromatic N) is 2. The predicted octanol–water partition coefficient (Wildman–Crippen LogP) is 2.59. The van der Waals surface area contributed by atoms with Gasteiger partial charge in [-0.15, -0.1) is 0 Å².